The van der Waals surface area contributed by atoms with E-state index in [1.165, 1.54) is 20.2 Å². The molecule has 0 fully saturated rings. The molecular weight excluding hydrogens is 723 g/mol. The highest BCUT2D eigenvalue weighted by atomic mass is 32.1. The van der Waals surface area contributed by atoms with Crippen molar-refractivity contribution in [2.45, 2.75) is 0 Å². The molecule has 0 saturated heterocycles. The molecule has 0 radical (unpaired) electrons. The maximum Gasteiger partial charge on any atom is 0.180 e. The number of thiophene rings is 1. The summed E-state index contributed by atoms with van der Waals surface area (Å²) < 4.78 is 15.5. The first kappa shape index (κ1) is 31.8. The summed E-state index contributed by atoms with van der Waals surface area (Å²) >= 11 is 1.79. The second-order valence-electron chi connectivity index (χ2n) is 14.0. The summed E-state index contributed by atoms with van der Waals surface area (Å²) in [5, 5.41) is 5.08. The third-order valence-corrected chi connectivity index (χ3v) is 11.7. The largest absolute Gasteiger partial charge is 0.456 e. The van der Waals surface area contributed by atoms with Crippen LogP contribution < -0.4 is 0 Å². The van der Waals surface area contributed by atoms with Crippen LogP contribution >= 0.6 is 11.3 Å². The van der Waals surface area contributed by atoms with Crippen LogP contribution in [-0.4, -0.2) is 24.9 Å². The molecule has 12 aromatic rings. The van der Waals surface area contributed by atoms with Gasteiger partial charge in [-0.1, -0.05) is 115 Å². The number of aromatic nitrogens is 5. The fourth-order valence-electron chi connectivity index (χ4n) is 7.95. The molecule has 0 saturated carbocycles. The molecule has 0 bridgehead atoms. The highest BCUT2D eigenvalue weighted by molar-refractivity contribution is 7.25. The van der Waals surface area contributed by atoms with Gasteiger partial charge in [0.1, 0.15) is 28.0 Å². The summed E-state index contributed by atoms with van der Waals surface area (Å²) in [4.78, 5) is 25.9. The highest BCUT2D eigenvalue weighted by Gasteiger charge is 2.23. The Bertz CT molecular complexity index is 3540. The topological polar surface area (TPSA) is 90.7 Å². The summed E-state index contributed by atoms with van der Waals surface area (Å²) in [6.45, 7) is 0. The van der Waals surface area contributed by atoms with Gasteiger partial charge in [-0.05, 0) is 48.5 Å². The van der Waals surface area contributed by atoms with Crippen LogP contribution in [0.15, 0.2) is 173 Å². The Morgan fingerprint density at radius 2 is 0.947 bits per heavy atom. The number of para-hydroxylation sites is 1. The SMILES string of the molecule is c1ccc(-c2nc(-c3ccc4sc5ccccc5c4c3)nc(-c3cccc4oc5cccc(-c6nc(-c7ccccc7)c7oc8ccccc8c7n6)c5c34)n2)cc1. The molecule has 0 amide bonds. The average Bonchev–Trinajstić information content (AvgIpc) is 3.97. The molecule has 0 N–H and O–H groups in total. The van der Waals surface area contributed by atoms with Crippen molar-refractivity contribution in [3.63, 3.8) is 0 Å². The molecule has 266 valence electrons. The third-order valence-electron chi connectivity index (χ3n) is 10.6. The van der Waals surface area contributed by atoms with Crippen molar-refractivity contribution < 1.29 is 8.83 Å². The smallest absolute Gasteiger partial charge is 0.180 e. The lowest BCUT2D eigenvalue weighted by Crippen LogP contribution is -2.00. The van der Waals surface area contributed by atoms with E-state index in [0.717, 1.165) is 60.8 Å². The molecule has 0 unspecified atom stereocenters. The Labute approximate surface area is 328 Å². The van der Waals surface area contributed by atoms with Gasteiger partial charge in [0.2, 0.25) is 0 Å². The maximum atomic E-state index is 6.60. The summed E-state index contributed by atoms with van der Waals surface area (Å²) in [6.07, 6.45) is 0. The molecule has 0 aliphatic heterocycles. The molecule has 0 aliphatic rings. The van der Waals surface area contributed by atoms with Gasteiger partial charge in [0, 0.05) is 64.1 Å². The van der Waals surface area contributed by atoms with E-state index in [1.54, 1.807) is 11.3 Å². The minimum absolute atomic E-state index is 0.541. The lowest BCUT2D eigenvalue weighted by atomic mass is 10.0. The van der Waals surface area contributed by atoms with Crippen LogP contribution in [0, 0.1) is 0 Å². The van der Waals surface area contributed by atoms with Crippen molar-refractivity contribution in [1.82, 2.24) is 24.9 Å². The van der Waals surface area contributed by atoms with Crippen molar-refractivity contribution in [1.29, 1.82) is 0 Å². The van der Waals surface area contributed by atoms with Crippen LogP contribution in [0.2, 0.25) is 0 Å². The number of rotatable bonds is 5. The molecule has 12 rings (SSSR count). The van der Waals surface area contributed by atoms with Crippen LogP contribution in [0.5, 0.6) is 0 Å². The van der Waals surface area contributed by atoms with Gasteiger partial charge in [-0.3, -0.25) is 0 Å². The molecule has 8 heteroatoms. The second-order valence-corrected chi connectivity index (χ2v) is 15.1. The number of fused-ring (bicyclic) bond motifs is 9. The number of hydrogen-bond donors (Lipinski definition) is 0. The molecule has 5 heterocycles. The van der Waals surface area contributed by atoms with Gasteiger partial charge in [0.25, 0.3) is 0 Å². The van der Waals surface area contributed by atoms with Crippen molar-refractivity contribution >= 4 is 75.5 Å². The Hall–Kier alpha value is -7.55. The Morgan fingerprint density at radius 1 is 0.368 bits per heavy atom. The van der Waals surface area contributed by atoms with Gasteiger partial charge in [0.15, 0.2) is 28.9 Å². The van der Waals surface area contributed by atoms with E-state index in [4.69, 9.17) is 33.8 Å². The van der Waals surface area contributed by atoms with Gasteiger partial charge in [-0.15, -0.1) is 11.3 Å². The lowest BCUT2D eigenvalue weighted by molar-refractivity contribution is 0.667. The molecular formula is C49H27N5O2S. The zero-order chi connectivity index (χ0) is 37.5. The molecule has 7 nitrogen and oxygen atoms in total. The molecule has 5 aromatic heterocycles. The van der Waals surface area contributed by atoms with Gasteiger partial charge in [-0.2, -0.15) is 0 Å². The van der Waals surface area contributed by atoms with E-state index in [-0.39, 0.29) is 0 Å². The fraction of sp³-hybridized carbons (Fsp3) is 0. The van der Waals surface area contributed by atoms with Crippen LogP contribution in [0.1, 0.15) is 0 Å². The monoisotopic (exact) mass is 749 g/mol. The van der Waals surface area contributed by atoms with E-state index in [2.05, 4.69) is 54.6 Å². The molecule has 0 aliphatic carbocycles. The number of benzene rings is 7. The second kappa shape index (κ2) is 12.5. The van der Waals surface area contributed by atoms with Crippen molar-refractivity contribution in [3.8, 4) is 56.8 Å². The van der Waals surface area contributed by atoms with E-state index >= 15 is 0 Å². The minimum Gasteiger partial charge on any atom is -0.456 e. The third kappa shape index (κ3) is 5.08. The van der Waals surface area contributed by atoms with Gasteiger partial charge in [0.05, 0.1) is 0 Å². The van der Waals surface area contributed by atoms with E-state index in [1.807, 2.05) is 109 Å². The maximum absolute atomic E-state index is 6.60. The van der Waals surface area contributed by atoms with Gasteiger partial charge >= 0.3 is 0 Å². The Balaban J connectivity index is 1.12. The quantitative estimate of drug-likeness (QED) is 0.173. The molecule has 7 aromatic carbocycles. The summed E-state index contributed by atoms with van der Waals surface area (Å²) in [5.41, 5.74) is 8.71. The molecule has 0 spiro atoms. The lowest BCUT2D eigenvalue weighted by Gasteiger charge is -2.10. The van der Waals surface area contributed by atoms with Crippen LogP contribution in [0.4, 0.5) is 0 Å². The van der Waals surface area contributed by atoms with Gasteiger partial charge < -0.3 is 8.83 Å². The summed E-state index contributed by atoms with van der Waals surface area (Å²) in [7, 11) is 0. The first-order valence-electron chi connectivity index (χ1n) is 18.7. The average molecular weight is 750 g/mol. The number of nitrogens with zero attached hydrogens (tertiary/aromatic N) is 5. The van der Waals surface area contributed by atoms with Crippen molar-refractivity contribution in [2.24, 2.45) is 0 Å². The zero-order valence-corrected chi connectivity index (χ0v) is 30.9. The summed E-state index contributed by atoms with van der Waals surface area (Å²) in [6, 6.07) is 55.2. The number of furan rings is 2. The van der Waals surface area contributed by atoms with Crippen LogP contribution in [0.25, 0.3) is 121 Å². The number of hydrogen-bond acceptors (Lipinski definition) is 8. The predicted molar refractivity (Wildman–Crippen MR) is 230 cm³/mol. The normalized spacial score (nSPS) is 11.9. The van der Waals surface area contributed by atoms with E-state index in [9.17, 15) is 0 Å². The Morgan fingerprint density at radius 3 is 1.70 bits per heavy atom. The minimum atomic E-state index is 0.541. The first-order chi connectivity index (χ1) is 28.2. The van der Waals surface area contributed by atoms with Crippen LogP contribution in [-0.2, 0) is 0 Å². The van der Waals surface area contributed by atoms with Crippen molar-refractivity contribution in [2.75, 3.05) is 0 Å². The molecule has 0 atom stereocenters. The standard InChI is InChI=1S/C49H27N5O2S/c1-3-13-28(14-4-1)43-45-44(32-18-7-9-21-36(32)56-45)51-48(50-43)33-19-11-22-37-41(33)42-34(20-12-23-38(42)55-37)49-53-46(29-15-5-2-6-16-29)52-47(54-49)30-25-26-40-35(27-30)31-17-8-10-24-39(31)57-40/h1-27H. The van der Waals surface area contributed by atoms with Crippen molar-refractivity contribution in [3.05, 3.63) is 164 Å². The van der Waals surface area contributed by atoms with E-state index in [0.29, 0.717) is 40.0 Å². The molecule has 57 heavy (non-hydrogen) atoms. The van der Waals surface area contributed by atoms with Gasteiger partial charge in [-0.25, -0.2) is 24.9 Å². The van der Waals surface area contributed by atoms with E-state index < -0.39 is 0 Å². The summed E-state index contributed by atoms with van der Waals surface area (Å²) in [5.74, 6) is 2.28. The zero-order valence-electron chi connectivity index (χ0n) is 30.0. The predicted octanol–water partition coefficient (Wildman–Crippen LogP) is 13.2. The fourth-order valence-corrected chi connectivity index (χ4v) is 9.04. The first-order valence-corrected chi connectivity index (χ1v) is 19.5. The Kier molecular flexibility index (Phi) is 6.96. The van der Waals surface area contributed by atoms with Crippen LogP contribution in [0.3, 0.4) is 0 Å². The highest BCUT2D eigenvalue weighted by Crippen LogP contribution is 2.43.